The van der Waals surface area contributed by atoms with Crippen LogP contribution < -0.4 is 14.8 Å². The summed E-state index contributed by atoms with van der Waals surface area (Å²) in [6.45, 7) is 1.77. The Labute approximate surface area is 159 Å². The van der Waals surface area contributed by atoms with Crippen LogP contribution in [0.15, 0.2) is 60.7 Å². The quantitative estimate of drug-likeness (QED) is 0.628. The average molecular weight is 389 g/mol. The highest BCUT2D eigenvalue weighted by Crippen LogP contribution is 2.27. The highest BCUT2D eigenvalue weighted by molar-refractivity contribution is 5.96. The van der Waals surface area contributed by atoms with E-state index in [1.807, 2.05) is 36.4 Å². The van der Waals surface area contributed by atoms with Crippen molar-refractivity contribution in [1.82, 2.24) is 0 Å². The van der Waals surface area contributed by atoms with Crippen molar-refractivity contribution < 1.29 is 27.4 Å². The summed E-state index contributed by atoms with van der Waals surface area (Å²) in [6.07, 6.45) is -4.75. The zero-order chi connectivity index (χ0) is 20.3. The number of methoxy groups -OCH3 is 1. The summed E-state index contributed by atoms with van der Waals surface area (Å²) < 4.78 is 45.6. The number of carbonyl (C=O) groups excluding carboxylic acids is 1. The second-order valence-electron chi connectivity index (χ2n) is 6.26. The van der Waals surface area contributed by atoms with E-state index in [9.17, 15) is 18.0 Å². The van der Waals surface area contributed by atoms with Gasteiger partial charge in [0.05, 0.1) is 13.0 Å². The second kappa shape index (κ2) is 7.80. The van der Waals surface area contributed by atoms with Crippen molar-refractivity contribution in [3.05, 3.63) is 66.2 Å². The SMILES string of the molecule is COc1ccc2cc(C(C)C(=O)Nc3ccc(OC(F)(F)F)cc3)ccc2c1. The second-order valence-corrected chi connectivity index (χ2v) is 6.26. The van der Waals surface area contributed by atoms with Crippen LogP contribution in [0.4, 0.5) is 18.9 Å². The minimum Gasteiger partial charge on any atom is -0.497 e. The molecule has 0 aliphatic rings. The first-order chi connectivity index (χ1) is 13.2. The zero-order valence-corrected chi connectivity index (χ0v) is 15.2. The summed E-state index contributed by atoms with van der Waals surface area (Å²) in [6, 6.07) is 16.4. The van der Waals surface area contributed by atoms with Crippen molar-refractivity contribution in [2.75, 3.05) is 12.4 Å². The third-order valence-corrected chi connectivity index (χ3v) is 4.32. The minimum atomic E-state index is -4.75. The van der Waals surface area contributed by atoms with Gasteiger partial charge in [-0.3, -0.25) is 4.79 Å². The Morgan fingerprint density at radius 2 is 1.54 bits per heavy atom. The molecule has 0 bridgehead atoms. The molecule has 0 heterocycles. The summed E-state index contributed by atoms with van der Waals surface area (Å²) >= 11 is 0. The smallest absolute Gasteiger partial charge is 0.497 e. The monoisotopic (exact) mass is 389 g/mol. The van der Waals surface area contributed by atoms with Crippen molar-refractivity contribution >= 4 is 22.4 Å². The molecule has 3 aromatic carbocycles. The molecule has 0 saturated heterocycles. The standard InChI is InChI=1S/C21H18F3NO3/c1-13(14-3-4-16-12-19(27-2)8-5-15(16)11-14)20(26)25-17-6-9-18(10-7-17)28-21(22,23)24/h3-13H,1-2H3,(H,25,26). The van der Waals surface area contributed by atoms with E-state index in [2.05, 4.69) is 10.1 Å². The van der Waals surface area contributed by atoms with Crippen LogP contribution >= 0.6 is 0 Å². The number of fused-ring (bicyclic) bond motifs is 1. The van der Waals surface area contributed by atoms with Crippen LogP contribution in [-0.2, 0) is 4.79 Å². The van der Waals surface area contributed by atoms with Crippen molar-refractivity contribution in [3.63, 3.8) is 0 Å². The van der Waals surface area contributed by atoms with Gasteiger partial charge in [-0.15, -0.1) is 13.2 Å². The van der Waals surface area contributed by atoms with Gasteiger partial charge < -0.3 is 14.8 Å². The van der Waals surface area contributed by atoms with Gasteiger partial charge in [0.25, 0.3) is 0 Å². The number of halogens is 3. The summed E-state index contributed by atoms with van der Waals surface area (Å²) in [4.78, 5) is 12.5. The summed E-state index contributed by atoms with van der Waals surface area (Å²) in [7, 11) is 1.60. The lowest BCUT2D eigenvalue weighted by atomic mass is 9.97. The highest BCUT2D eigenvalue weighted by atomic mass is 19.4. The van der Waals surface area contributed by atoms with E-state index in [0.29, 0.717) is 5.69 Å². The van der Waals surface area contributed by atoms with Crippen LogP contribution in [0.1, 0.15) is 18.4 Å². The fourth-order valence-corrected chi connectivity index (χ4v) is 2.78. The Hall–Kier alpha value is -3.22. The fraction of sp³-hybridized carbons (Fsp3) is 0.190. The van der Waals surface area contributed by atoms with E-state index in [1.165, 1.54) is 12.1 Å². The first-order valence-corrected chi connectivity index (χ1v) is 8.49. The molecule has 0 radical (unpaired) electrons. The largest absolute Gasteiger partial charge is 0.573 e. The lowest BCUT2D eigenvalue weighted by molar-refractivity contribution is -0.274. The first-order valence-electron chi connectivity index (χ1n) is 8.49. The Bertz CT molecular complexity index is 984. The maximum Gasteiger partial charge on any atom is 0.573 e. The van der Waals surface area contributed by atoms with Gasteiger partial charge in [-0.1, -0.05) is 24.3 Å². The number of carbonyl (C=O) groups is 1. The van der Waals surface area contributed by atoms with Gasteiger partial charge in [-0.05, 0) is 59.7 Å². The molecular weight excluding hydrogens is 371 g/mol. The molecule has 1 atom stereocenters. The van der Waals surface area contributed by atoms with E-state index in [-0.39, 0.29) is 11.7 Å². The number of amides is 1. The van der Waals surface area contributed by atoms with Gasteiger partial charge in [0.1, 0.15) is 11.5 Å². The predicted octanol–water partition coefficient (Wildman–Crippen LogP) is 5.49. The molecule has 0 saturated carbocycles. The highest BCUT2D eigenvalue weighted by Gasteiger charge is 2.31. The molecule has 0 fully saturated rings. The number of hydrogen-bond acceptors (Lipinski definition) is 3. The first kappa shape index (κ1) is 19.5. The van der Waals surface area contributed by atoms with Gasteiger partial charge in [-0.25, -0.2) is 0 Å². The van der Waals surface area contributed by atoms with Crippen molar-refractivity contribution in [3.8, 4) is 11.5 Å². The normalized spacial score (nSPS) is 12.5. The van der Waals surface area contributed by atoms with Gasteiger partial charge in [0, 0.05) is 5.69 Å². The predicted molar refractivity (Wildman–Crippen MR) is 101 cm³/mol. The molecule has 28 heavy (non-hydrogen) atoms. The molecule has 0 aliphatic carbocycles. The fourth-order valence-electron chi connectivity index (χ4n) is 2.78. The van der Waals surface area contributed by atoms with E-state index >= 15 is 0 Å². The topological polar surface area (TPSA) is 47.6 Å². The van der Waals surface area contributed by atoms with Crippen molar-refractivity contribution in [2.45, 2.75) is 19.2 Å². The van der Waals surface area contributed by atoms with Gasteiger partial charge in [0.15, 0.2) is 0 Å². The van der Waals surface area contributed by atoms with E-state index in [1.54, 1.807) is 14.0 Å². The van der Waals surface area contributed by atoms with Crippen LogP contribution in [0, 0.1) is 0 Å². The van der Waals surface area contributed by atoms with Crippen LogP contribution in [0.5, 0.6) is 11.5 Å². The van der Waals surface area contributed by atoms with Crippen molar-refractivity contribution in [2.24, 2.45) is 0 Å². The van der Waals surface area contributed by atoms with E-state index in [4.69, 9.17) is 4.74 Å². The Morgan fingerprint density at radius 3 is 2.18 bits per heavy atom. The summed E-state index contributed by atoms with van der Waals surface area (Å²) in [5.74, 6) is -0.303. The maximum absolute atomic E-state index is 12.5. The number of ether oxygens (including phenoxy) is 2. The molecule has 7 heteroatoms. The van der Waals surface area contributed by atoms with E-state index < -0.39 is 12.3 Å². The van der Waals surface area contributed by atoms with Gasteiger partial charge in [0.2, 0.25) is 5.91 Å². The molecule has 0 aliphatic heterocycles. The number of hydrogen-bond donors (Lipinski definition) is 1. The molecule has 1 N–H and O–H groups in total. The summed E-state index contributed by atoms with van der Waals surface area (Å²) in [5, 5.41) is 4.68. The van der Waals surface area contributed by atoms with Gasteiger partial charge >= 0.3 is 6.36 Å². The number of nitrogens with one attached hydrogen (secondary N) is 1. The summed E-state index contributed by atoms with van der Waals surface area (Å²) in [5.41, 5.74) is 1.21. The van der Waals surface area contributed by atoms with E-state index in [0.717, 1.165) is 34.2 Å². The van der Waals surface area contributed by atoms with Gasteiger partial charge in [-0.2, -0.15) is 0 Å². The number of rotatable bonds is 5. The molecule has 146 valence electrons. The molecule has 0 spiro atoms. The average Bonchev–Trinajstić information content (AvgIpc) is 2.66. The van der Waals surface area contributed by atoms with Crippen LogP contribution in [-0.4, -0.2) is 19.4 Å². The third-order valence-electron chi connectivity index (χ3n) is 4.32. The zero-order valence-electron chi connectivity index (χ0n) is 15.2. The third kappa shape index (κ3) is 4.73. The lowest BCUT2D eigenvalue weighted by Gasteiger charge is -2.14. The molecule has 1 unspecified atom stereocenters. The number of anilines is 1. The molecule has 3 rings (SSSR count). The molecule has 1 amide bonds. The Morgan fingerprint density at radius 1 is 0.929 bits per heavy atom. The van der Waals surface area contributed by atoms with Crippen molar-refractivity contribution in [1.29, 1.82) is 0 Å². The minimum absolute atomic E-state index is 0.266. The van der Waals surface area contributed by atoms with Crippen LogP contribution in [0.25, 0.3) is 10.8 Å². The Balaban J connectivity index is 1.71. The number of alkyl halides is 3. The van der Waals surface area contributed by atoms with Crippen LogP contribution in [0.2, 0.25) is 0 Å². The lowest BCUT2D eigenvalue weighted by Crippen LogP contribution is -2.19. The molecular formula is C21H18F3NO3. The number of benzene rings is 3. The molecule has 3 aromatic rings. The van der Waals surface area contributed by atoms with Crippen LogP contribution in [0.3, 0.4) is 0 Å². The Kier molecular flexibility index (Phi) is 5.44. The molecule has 0 aromatic heterocycles. The molecule has 4 nitrogen and oxygen atoms in total. The maximum atomic E-state index is 12.5.